The van der Waals surface area contributed by atoms with E-state index in [-0.39, 0.29) is 42.7 Å². The number of carbonyl (C=O) groups excluding carboxylic acids is 2. The Balaban J connectivity index is 0.00000267. The minimum Gasteiger partial charge on any atom is -0.492 e. The second-order valence-corrected chi connectivity index (χ2v) is 9.05. The number of nitrogens with zero attached hydrogens (tertiary/aromatic N) is 2. The van der Waals surface area contributed by atoms with Gasteiger partial charge in [0.25, 0.3) is 5.91 Å². The average molecular weight is 549 g/mol. The van der Waals surface area contributed by atoms with E-state index in [9.17, 15) is 9.59 Å². The van der Waals surface area contributed by atoms with Crippen LogP contribution in [0.15, 0.2) is 96.1 Å². The van der Waals surface area contributed by atoms with E-state index in [1.807, 2.05) is 84.9 Å². The molecule has 0 aliphatic carbocycles. The van der Waals surface area contributed by atoms with E-state index in [0.29, 0.717) is 23.3 Å². The van der Waals surface area contributed by atoms with Gasteiger partial charge in [-0.05, 0) is 60.6 Å². The van der Waals surface area contributed by atoms with Crippen LogP contribution in [0.4, 0.5) is 0 Å². The van der Waals surface area contributed by atoms with Gasteiger partial charge in [-0.3, -0.25) is 9.59 Å². The summed E-state index contributed by atoms with van der Waals surface area (Å²) in [5.74, 6) is 0.612. The number of piperidine rings is 1. The van der Waals surface area contributed by atoms with Gasteiger partial charge in [0.15, 0.2) is 5.78 Å². The van der Waals surface area contributed by atoms with Crippen molar-refractivity contribution in [3.63, 3.8) is 0 Å². The molecule has 1 heterocycles. The molecule has 0 spiro atoms. The molecule has 3 aromatic carbocycles. The van der Waals surface area contributed by atoms with E-state index in [2.05, 4.69) is 18.7 Å². The van der Waals surface area contributed by atoms with Crippen molar-refractivity contribution in [2.75, 3.05) is 39.3 Å². The van der Waals surface area contributed by atoms with Gasteiger partial charge in [0.1, 0.15) is 12.4 Å². The minimum atomic E-state index is -0.111. The fraction of sp³-hybridized carbons (Fsp3) is 0.250. The number of rotatable bonds is 9. The van der Waals surface area contributed by atoms with E-state index in [0.717, 1.165) is 36.5 Å². The Hall–Kier alpha value is -3.71. The van der Waals surface area contributed by atoms with E-state index < -0.39 is 0 Å². The fourth-order valence-electron chi connectivity index (χ4n) is 4.39. The van der Waals surface area contributed by atoms with Crippen molar-refractivity contribution in [2.45, 2.75) is 13.8 Å². The number of halogens is 1. The Bertz CT molecular complexity index is 1190. The molecule has 1 amide bonds. The van der Waals surface area contributed by atoms with Crippen molar-refractivity contribution >= 4 is 36.2 Å². The fourth-order valence-corrected chi connectivity index (χ4v) is 4.39. The van der Waals surface area contributed by atoms with Crippen molar-refractivity contribution in [2.24, 2.45) is 0 Å². The molecule has 1 fully saturated rings. The van der Waals surface area contributed by atoms with Crippen molar-refractivity contribution in [3.8, 4) is 5.75 Å². The van der Waals surface area contributed by atoms with Gasteiger partial charge in [0.05, 0.1) is 13.1 Å². The number of amides is 1. The lowest BCUT2D eigenvalue weighted by molar-refractivity contribution is -0.113. The molecule has 1 aliphatic heterocycles. The number of Topliss-reactive ketones (excluding diaryl/α,β-unsaturated/α-hetero) is 1. The summed E-state index contributed by atoms with van der Waals surface area (Å²) < 4.78 is 5.87. The van der Waals surface area contributed by atoms with Crippen LogP contribution in [0.3, 0.4) is 0 Å². The normalized spacial score (nSPS) is 15.2. The third-order valence-electron chi connectivity index (χ3n) is 6.55. The predicted octanol–water partition coefficient (Wildman–Crippen LogP) is 5.20. The van der Waals surface area contributed by atoms with Crippen LogP contribution in [-0.4, -0.2) is 66.3 Å². The van der Waals surface area contributed by atoms with Gasteiger partial charge >= 0.3 is 0 Å². The first-order chi connectivity index (χ1) is 18.1. The van der Waals surface area contributed by atoms with Gasteiger partial charge in [-0.25, -0.2) is 0 Å². The Kier molecular flexibility index (Phi) is 12.6. The summed E-state index contributed by atoms with van der Waals surface area (Å²) in [6.07, 6.45) is 3.76. The van der Waals surface area contributed by atoms with E-state index in [1.165, 1.54) is 0 Å². The molecule has 3 aromatic rings. The zero-order valence-electron chi connectivity index (χ0n) is 22.5. The molecule has 0 aromatic heterocycles. The number of hydrogen-bond donors (Lipinski definition) is 0. The lowest BCUT2D eigenvalue weighted by Crippen LogP contribution is -2.41. The second-order valence-electron chi connectivity index (χ2n) is 9.05. The maximum atomic E-state index is 13.5. The molecule has 7 heteroatoms. The number of ether oxygens (including phenoxy) is 1. The van der Waals surface area contributed by atoms with Crippen LogP contribution >= 0.6 is 12.4 Å². The van der Waals surface area contributed by atoms with Crippen LogP contribution in [0.1, 0.15) is 35.3 Å². The summed E-state index contributed by atoms with van der Waals surface area (Å²) >= 11 is 0. The van der Waals surface area contributed by atoms with Crippen LogP contribution in [0.25, 0.3) is 12.2 Å². The Labute approximate surface area is 237 Å². The van der Waals surface area contributed by atoms with Gasteiger partial charge in [0.2, 0.25) is 0 Å². The summed E-state index contributed by atoms with van der Waals surface area (Å²) in [5, 5.41) is 0. The zero-order chi connectivity index (χ0) is 26.0. The second kappa shape index (κ2) is 15.6. The van der Waals surface area contributed by atoms with Crippen LogP contribution < -0.4 is 4.74 Å². The molecule has 39 heavy (non-hydrogen) atoms. The van der Waals surface area contributed by atoms with Gasteiger partial charge in [-0.1, -0.05) is 74.5 Å². The molecule has 4 rings (SSSR count). The van der Waals surface area contributed by atoms with Gasteiger partial charge in [0, 0.05) is 23.3 Å². The topological polar surface area (TPSA) is 81.3 Å². The lowest BCUT2D eigenvalue weighted by atomic mass is 9.93. The summed E-state index contributed by atoms with van der Waals surface area (Å²) in [5.41, 5.74) is 3.65. The molecule has 0 atom stereocenters. The molecule has 0 saturated carbocycles. The third-order valence-corrected chi connectivity index (χ3v) is 6.55. The number of ketones is 1. The van der Waals surface area contributed by atoms with E-state index in [4.69, 9.17) is 4.74 Å². The number of likely N-dealkylation sites (N-methyl/N-ethyl adjacent to an activating group) is 1. The van der Waals surface area contributed by atoms with Gasteiger partial charge in [-0.15, -0.1) is 12.4 Å². The molecule has 0 unspecified atom stereocenters. The van der Waals surface area contributed by atoms with Gasteiger partial charge in [-0.2, -0.15) is 0 Å². The van der Waals surface area contributed by atoms with Crippen LogP contribution in [-0.2, 0) is 4.79 Å². The highest BCUT2D eigenvalue weighted by Crippen LogP contribution is 2.24. The highest BCUT2D eigenvalue weighted by molar-refractivity contribution is 6.15. The average Bonchev–Trinajstić information content (AvgIpc) is 2.94. The van der Waals surface area contributed by atoms with Crippen LogP contribution in [0.2, 0.25) is 0 Å². The minimum absolute atomic E-state index is 0. The largest absolute Gasteiger partial charge is 0.492 e. The maximum absolute atomic E-state index is 13.5. The maximum Gasteiger partial charge on any atom is 0.254 e. The molecule has 2 N–H and O–H groups in total. The SMILES string of the molecule is CCN(CC)CCOc1ccc(C(=O)N2C/C(=C/c3ccccc3)C(=O)/C(=C/c3ccccc3)C2)cc1.Cl.O. The number of benzene rings is 3. The van der Waals surface area contributed by atoms with E-state index >= 15 is 0 Å². The first kappa shape index (κ1) is 31.5. The summed E-state index contributed by atoms with van der Waals surface area (Å²) in [6.45, 7) is 8.26. The smallest absolute Gasteiger partial charge is 0.254 e. The molecular weight excluding hydrogens is 512 g/mol. The molecular formula is C32H37ClN2O4. The summed E-state index contributed by atoms with van der Waals surface area (Å²) in [6, 6.07) is 26.8. The van der Waals surface area contributed by atoms with Crippen molar-refractivity contribution in [1.82, 2.24) is 9.80 Å². The molecule has 6 nitrogen and oxygen atoms in total. The number of likely N-dealkylation sites (tertiary alicyclic amines) is 1. The monoisotopic (exact) mass is 548 g/mol. The predicted molar refractivity (Wildman–Crippen MR) is 160 cm³/mol. The van der Waals surface area contributed by atoms with Gasteiger partial charge < -0.3 is 20.0 Å². The third kappa shape index (κ3) is 8.65. The first-order valence-electron chi connectivity index (χ1n) is 12.9. The Morgan fingerprint density at radius 1 is 0.821 bits per heavy atom. The van der Waals surface area contributed by atoms with Crippen LogP contribution in [0, 0.1) is 0 Å². The first-order valence-corrected chi connectivity index (χ1v) is 12.9. The highest BCUT2D eigenvalue weighted by atomic mass is 35.5. The zero-order valence-corrected chi connectivity index (χ0v) is 23.3. The molecule has 206 valence electrons. The lowest BCUT2D eigenvalue weighted by Gasteiger charge is -2.30. The number of carbonyl (C=O) groups is 2. The summed E-state index contributed by atoms with van der Waals surface area (Å²) in [4.78, 5) is 30.9. The summed E-state index contributed by atoms with van der Waals surface area (Å²) in [7, 11) is 0. The van der Waals surface area contributed by atoms with Crippen molar-refractivity contribution in [1.29, 1.82) is 0 Å². The molecule has 1 aliphatic rings. The molecule has 0 bridgehead atoms. The highest BCUT2D eigenvalue weighted by Gasteiger charge is 2.29. The quantitative estimate of drug-likeness (QED) is 0.344. The molecule has 1 saturated heterocycles. The van der Waals surface area contributed by atoms with E-state index in [1.54, 1.807) is 17.0 Å². The van der Waals surface area contributed by atoms with Crippen LogP contribution in [0.5, 0.6) is 5.75 Å². The van der Waals surface area contributed by atoms with Crippen molar-refractivity contribution < 1.29 is 19.8 Å². The standard InChI is InChI=1S/C32H34N2O3.ClH.H2O/c1-3-33(4-2)19-20-37-30-17-15-27(16-18-30)32(36)34-23-28(21-25-11-7-5-8-12-25)31(35)29(24-34)22-26-13-9-6-10-14-26;;/h5-18,21-22H,3-4,19-20,23-24H2,1-2H3;1H;1H2/b28-21-,29-22+;;. The Morgan fingerprint density at radius 2 is 1.31 bits per heavy atom. The van der Waals surface area contributed by atoms with Crippen molar-refractivity contribution in [3.05, 3.63) is 113 Å². The Morgan fingerprint density at radius 3 is 1.77 bits per heavy atom. The molecule has 0 radical (unpaired) electrons. The number of hydrogen-bond acceptors (Lipinski definition) is 4.